The van der Waals surface area contributed by atoms with Crippen molar-refractivity contribution >= 4 is 5.97 Å². The Kier molecular flexibility index (Phi) is 2.69. The predicted molar refractivity (Wildman–Crippen MR) is 63.7 cm³/mol. The van der Waals surface area contributed by atoms with E-state index in [-0.39, 0.29) is 11.5 Å². The Morgan fingerprint density at radius 3 is 2.12 bits per heavy atom. The zero-order valence-corrected chi connectivity index (χ0v) is 10.5. The van der Waals surface area contributed by atoms with Crippen LogP contribution < -0.4 is 0 Å². The van der Waals surface area contributed by atoms with Crippen molar-refractivity contribution in [2.75, 3.05) is 6.61 Å². The highest BCUT2D eigenvalue weighted by molar-refractivity contribution is 5.69. The molecular weight excluding hydrogens is 216 g/mol. The van der Waals surface area contributed by atoms with Crippen molar-refractivity contribution in [1.82, 2.24) is 0 Å². The summed E-state index contributed by atoms with van der Waals surface area (Å²) in [6.45, 7) is 2.13. The second kappa shape index (κ2) is 3.98. The van der Waals surface area contributed by atoms with Gasteiger partial charge in [-0.25, -0.2) is 0 Å². The molecule has 0 saturated heterocycles. The molecular formula is C14H22O3. The number of rotatable bonds is 4. The van der Waals surface area contributed by atoms with Crippen molar-refractivity contribution in [1.29, 1.82) is 0 Å². The largest absolute Gasteiger partial charge is 0.481 e. The topological polar surface area (TPSA) is 46.5 Å². The van der Waals surface area contributed by atoms with Crippen LogP contribution in [0.5, 0.6) is 0 Å². The smallest absolute Gasteiger partial charge is 0.308 e. The molecule has 0 heterocycles. The van der Waals surface area contributed by atoms with Gasteiger partial charge >= 0.3 is 5.97 Å². The summed E-state index contributed by atoms with van der Waals surface area (Å²) >= 11 is 0. The third kappa shape index (κ3) is 2.10. The fourth-order valence-electron chi connectivity index (χ4n) is 4.58. The van der Waals surface area contributed by atoms with Crippen molar-refractivity contribution in [3.8, 4) is 0 Å². The number of aliphatic carboxylic acids is 1. The normalized spacial score (nSPS) is 44.9. The van der Waals surface area contributed by atoms with E-state index < -0.39 is 5.97 Å². The van der Waals surface area contributed by atoms with Crippen LogP contribution in [0.3, 0.4) is 0 Å². The number of ether oxygens (including phenoxy) is 1. The lowest BCUT2D eigenvalue weighted by atomic mass is 9.54. The molecule has 0 aromatic carbocycles. The van der Waals surface area contributed by atoms with Crippen LogP contribution in [-0.2, 0) is 9.53 Å². The summed E-state index contributed by atoms with van der Waals surface area (Å²) in [6, 6.07) is 0. The summed E-state index contributed by atoms with van der Waals surface area (Å²) in [6.07, 6.45) is 7.76. The molecule has 4 aliphatic carbocycles. The highest BCUT2D eigenvalue weighted by atomic mass is 16.5. The molecule has 3 heteroatoms. The molecule has 1 N–H and O–H groups in total. The molecule has 1 atom stereocenters. The minimum atomic E-state index is -0.741. The summed E-state index contributed by atoms with van der Waals surface area (Å²) < 4.78 is 6.08. The molecule has 1 unspecified atom stereocenters. The Bertz CT molecular complexity index is 288. The lowest BCUT2D eigenvalue weighted by Crippen LogP contribution is -2.52. The van der Waals surface area contributed by atoms with Crippen molar-refractivity contribution in [3.63, 3.8) is 0 Å². The van der Waals surface area contributed by atoms with Gasteiger partial charge in [0.2, 0.25) is 0 Å². The van der Waals surface area contributed by atoms with Crippen molar-refractivity contribution in [2.45, 2.75) is 51.0 Å². The minimum absolute atomic E-state index is 0.0540. The van der Waals surface area contributed by atoms with Crippen molar-refractivity contribution in [3.05, 3.63) is 0 Å². The van der Waals surface area contributed by atoms with Gasteiger partial charge in [0, 0.05) is 0 Å². The molecule has 0 radical (unpaired) electrons. The first kappa shape index (κ1) is 11.5. The van der Waals surface area contributed by atoms with E-state index in [1.165, 1.54) is 38.5 Å². The monoisotopic (exact) mass is 238 g/mol. The highest BCUT2D eigenvalue weighted by Crippen LogP contribution is 2.57. The average Bonchev–Trinajstić information content (AvgIpc) is 2.24. The first-order valence-corrected chi connectivity index (χ1v) is 6.93. The zero-order chi connectivity index (χ0) is 12.0. The number of carboxylic acids is 1. The van der Waals surface area contributed by atoms with E-state index in [0.717, 1.165) is 17.8 Å². The molecule has 0 amide bonds. The second-order valence-corrected chi connectivity index (χ2v) is 6.65. The molecule has 4 rings (SSSR count). The van der Waals surface area contributed by atoms with Gasteiger partial charge in [-0.3, -0.25) is 4.79 Å². The van der Waals surface area contributed by atoms with Gasteiger partial charge in [0.1, 0.15) is 0 Å². The van der Waals surface area contributed by atoms with E-state index in [4.69, 9.17) is 9.84 Å². The number of carbonyl (C=O) groups is 1. The lowest BCUT2D eigenvalue weighted by molar-refractivity contribution is -0.174. The van der Waals surface area contributed by atoms with Gasteiger partial charge in [-0.15, -0.1) is 0 Å². The molecule has 17 heavy (non-hydrogen) atoms. The third-order valence-electron chi connectivity index (χ3n) is 5.04. The maximum atomic E-state index is 10.8. The van der Waals surface area contributed by atoms with Crippen LogP contribution in [0.15, 0.2) is 0 Å². The fraction of sp³-hybridized carbons (Fsp3) is 0.929. The summed E-state index contributed by atoms with van der Waals surface area (Å²) in [5, 5.41) is 8.91. The van der Waals surface area contributed by atoms with Gasteiger partial charge in [0.05, 0.1) is 18.1 Å². The van der Waals surface area contributed by atoms with Gasteiger partial charge in [-0.1, -0.05) is 0 Å². The molecule has 4 aliphatic rings. The van der Waals surface area contributed by atoms with Gasteiger partial charge in [-0.2, -0.15) is 0 Å². The molecule has 4 bridgehead atoms. The SMILES string of the molecule is CC(COC12CC3CC(CC(C3)C1)C2)C(=O)O. The Morgan fingerprint density at radius 2 is 1.71 bits per heavy atom. The Balaban J connectivity index is 1.64. The maximum Gasteiger partial charge on any atom is 0.308 e. The van der Waals surface area contributed by atoms with E-state index in [2.05, 4.69) is 0 Å². The quantitative estimate of drug-likeness (QED) is 0.819. The third-order valence-corrected chi connectivity index (χ3v) is 5.04. The molecule has 96 valence electrons. The van der Waals surface area contributed by atoms with Crippen molar-refractivity contribution in [2.24, 2.45) is 23.7 Å². The van der Waals surface area contributed by atoms with E-state index in [0.29, 0.717) is 6.61 Å². The molecule has 0 aliphatic heterocycles. The van der Waals surface area contributed by atoms with E-state index in [1.54, 1.807) is 6.92 Å². The lowest BCUT2D eigenvalue weighted by Gasteiger charge is -2.56. The van der Waals surface area contributed by atoms with E-state index in [9.17, 15) is 4.79 Å². The summed E-state index contributed by atoms with van der Waals surface area (Å²) in [5.74, 6) is 1.47. The van der Waals surface area contributed by atoms with Gasteiger partial charge in [-0.05, 0) is 63.2 Å². The van der Waals surface area contributed by atoms with E-state index >= 15 is 0 Å². The Labute approximate surface area is 103 Å². The molecule has 0 spiro atoms. The van der Waals surface area contributed by atoms with Crippen LogP contribution in [0.2, 0.25) is 0 Å². The first-order chi connectivity index (χ1) is 8.06. The number of hydrogen-bond donors (Lipinski definition) is 1. The van der Waals surface area contributed by atoms with Crippen LogP contribution in [0.25, 0.3) is 0 Å². The molecule has 0 aromatic rings. The first-order valence-electron chi connectivity index (χ1n) is 6.93. The Hall–Kier alpha value is -0.570. The molecule has 0 aromatic heterocycles. The minimum Gasteiger partial charge on any atom is -0.481 e. The van der Waals surface area contributed by atoms with Crippen LogP contribution in [0.1, 0.15) is 45.4 Å². The second-order valence-electron chi connectivity index (χ2n) is 6.65. The highest BCUT2D eigenvalue weighted by Gasteiger charge is 2.51. The zero-order valence-electron chi connectivity index (χ0n) is 10.5. The molecule has 4 fully saturated rings. The van der Waals surface area contributed by atoms with Gasteiger partial charge in [0.25, 0.3) is 0 Å². The predicted octanol–water partition coefficient (Wildman–Crippen LogP) is 2.69. The number of hydrogen-bond acceptors (Lipinski definition) is 2. The van der Waals surface area contributed by atoms with Crippen LogP contribution >= 0.6 is 0 Å². The van der Waals surface area contributed by atoms with E-state index in [1.807, 2.05) is 0 Å². The van der Waals surface area contributed by atoms with Crippen LogP contribution in [0.4, 0.5) is 0 Å². The fourth-order valence-corrected chi connectivity index (χ4v) is 4.58. The average molecular weight is 238 g/mol. The van der Waals surface area contributed by atoms with Crippen molar-refractivity contribution < 1.29 is 14.6 Å². The molecule has 4 saturated carbocycles. The van der Waals surface area contributed by atoms with Crippen LogP contribution in [0, 0.1) is 23.7 Å². The van der Waals surface area contributed by atoms with Gasteiger partial charge in [0.15, 0.2) is 0 Å². The van der Waals surface area contributed by atoms with Gasteiger partial charge < -0.3 is 9.84 Å². The standard InChI is InChI=1S/C14H22O3/c1-9(13(15)16)8-17-14-5-10-2-11(6-14)4-12(3-10)7-14/h9-12H,2-8H2,1H3,(H,15,16). The van der Waals surface area contributed by atoms with Crippen LogP contribution in [-0.4, -0.2) is 23.3 Å². The summed E-state index contributed by atoms with van der Waals surface area (Å²) in [4.78, 5) is 10.8. The summed E-state index contributed by atoms with van der Waals surface area (Å²) in [5.41, 5.74) is 0.0540. The Morgan fingerprint density at radius 1 is 1.24 bits per heavy atom. The maximum absolute atomic E-state index is 10.8. The number of carboxylic acid groups (broad SMARTS) is 1. The summed E-state index contributed by atoms with van der Waals surface area (Å²) in [7, 11) is 0. The molecule has 3 nitrogen and oxygen atoms in total.